The third-order valence-corrected chi connectivity index (χ3v) is 5.44. The molecule has 3 aromatic carbocycles. The first kappa shape index (κ1) is 15.4. The lowest BCUT2D eigenvalue weighted by atomic mass is 9.85. The molecule has 0 bridgehead atoms. The van der Waals surface area contributed by atoms with Gasteiger partial charge in [0.25, 0.3) is 0 Å². The van der Waals surface area contributed by atoms with Crippen molar-refractivity contribution in [3.05, 3.63) is 95.6 Å². The zero-order valence-electron chi connectivity index (χ0n) is 14.5. The van der Waals surface area contributed by atoms with Crippen molar-refractivity contribution < 1.29 is 5.11 Å². The predicted octanol–water partition coefficient (Wildman–Crippen LogP) is 3.82. The number of aliphatic hydroxyl groups is 1. The van der Waals surface area contributed by atoms with E-state index in [0.717, 1.165) is 41.2 Å². The number of fused-ring (bicyclic) bond motifs is 3. The van der Waals surface area contributed by atoms with E-state index in [4.69, 9.17) is 0 Å². The minimum atomic E-state index is -1.04. The quantitative estimate of drug-likeness (QED) is 0.770. The first-order chi connectivity index (χ1) is 12.8. The van der Waals surface area contributed by atoms with E-state index in [0.29, 0.717) is 6.42 Å². The van der Waals surface area contributed by atoms with Crippen LogP contribution in [0.5, 0.6) is 0 Å². The van der Waals surface area contributed by atoms with Gasteiger partial charge in [0.05, 0.1) is 6.54 Å². The molecule has 0 saturated carbocycles. The fourth-order valence-corrected chi connectivity index (χ4v) is 4.11. The molecule has 26 heavy (non-hydrogen) atoms. The van der Waals surface area contributed by atoms with Crippen molar-refractivity contribution in [1.29, 1.82) is 0 Å². The number of benzene rings is 3. The number of hydrogen-bond acceptors (Lipinski definition) is 3. The second-order valence-electron chi connectivity index (χ2n) is 6.95. The van der Waals surface area contributed by atoms with Crippen LogP contribution in [-0.2, 0) is 12.1 Å². The standard InChI is InChI=1S/C23H20N2O/c26-23(20-12-10-18(11-13-20)17-6-2-1-3-7-17)16-19-8-4-5-9-21(19)22-24-14-15-25(22)23/h1-13,26H,14-16H2. The molecule has 128 valence electrons. The molecule has 3 heteroatoms. The highest BCUT2D eigenvalue weighted by molar-refractivity contribution is 6.02. The summed E-state index contributed by atoms with van der Waals surface area (Å²) in [6, 6.07) is 26.9. The number of hydrogen-bond donors (Lipinski definition) is 1. The summed E-state index contributed by atoms with van der Waals surface area (Å²) in [7, 11) is 0. The van der Waals surface area contributed by atoms with Gasteiger partial charge in [0, 0.05) is 24.1 Å². The van der Waals surface area contributed by atoms with Crippen LogP contribution in [0.4, 0.5) is 0 Å². The second kappa shape index (κ2) is 5.82. The van der Waals surface area contributed by atoms with E-state index in [2.05, 4.69) is 46.3 Å². The molecule has 5 rings (SSSR count). The molecule has 0 aliphatic carbocycles. The number of nitrogens with zero attached hydrogens (tertiary/aromatic N) is 2. The van der Waals surface area contributed by atoms with Crippen LogP contribution in [0.15, 0.2) is 83.9 Å². The number of amidine groups is 1. The molecule has 0 aromatic heterocycles. The van der Waals surface area contributed by atoms with Crippen molar-refractivity contribution in [2.24, 2.45) is 4.99 Å². The minimum absolute atomic E-state index is 0.576. The highest BCUT2D eigenvalue weighted by Gasteiger charge is 2.44. The maximum Gasteiger partial charge on any atom is 0.169 e. The van der Waals surface area contributed by atoms with E-state index in [1.165, 1.54) is 5.56 Å². The summed E-state index contributed by atoms with van der Waals surface area (Å²) in [5.74, 6) is 0.918. The lowest BCUT2D eigenvalue weighted by Gasteiger charge is -2.43. The fourth-order valence-electron chi connectivity index (χ4n) is 4.11. The van der Waals surface area contributed by atoms with E-state index < -0.39 is 5.72 Å². The van der Waals surface area contributed by atoms with Crippen LogP contribution in [0, 0.1) is 0 Å². The average molecular weight is 340 g/mol. The summed E-state index contributed by atoms with van der Waals surface area (Å²) in [5.41, 5.74) is 4.52. The van der Waals surface area contributed by atoms with Gasteiger partial charge in [0.2, 0.25) is 0 Å². The lowest BCUT2D eigenvalue weighted by molar-refractivity contribution is -0.0745. The molecule has 0 amide bonds. The molecule has 0 saturated heterocycles. The largest absolute Gasteiger partial charge is 0.366 e. The molecule has 1 atom stereocenters. The Kier molecular flexibility index (Phi) is 3.44. The Bertz CT molecular complexity index is 979. The van der Waals surface area contributed by atoms with Gasteiger partial charge in [-0.05, 0) is 16.7 Å². The third-order valence-electron chi connectivity index (χ3n) is 5.44. The maximum atomic E-state index is 11.7. The van der Waals surface area contributed by atoms with E-state index in [-0.39, 0.29) is 0 Å². The van der Waals surface area contributed by atoms with Crippen LogP contribution in [-0.4, -0.2) is 28.9 Å². The normalized spacial score (nSPS) is 21.1. The molecule has 2 aliphatic heterocycles. The summed E-state index contributed by atoms with van der Waals surface area (Å²) in [6.07, 6.45) is 0.576. The third kappa shape index (κ3) is 2.28. The molecule has 1 N–H and O–H groups in total. The van der Waals surface area contributed by atoms with Crippen molar-refractivity contribution in [2.45, 2.75) is 12.1 Å². The van der Waals surface area contributed by atoms with Gasteiger partial charge < -0.3 is 10.0 Å². The van der Waals surface area contributed by atoms with Gasteiger partial charge in [-0.1, -0.05) is 78.9 Å². The Balaban J connectivity index is 1.56. The summed E-state index contributed by atoms with van der Waals surface area (Å²) in [4.78, 5) is 6.73. The summed E-state index contributed by atoms with van der Waals surface area (Å²) in [5, 5.41) is 11.7. The Morgan fingerprint density at radius 2 is 1.50 bits per heavy atom. The lowest BCUT2D eigenvalue weighted by Crippen LogP contribution is -2.53. The van der Waals surface area contributed by atoms with Gasteiger partial charge in [-0.15, -0.1) is 0 Å². The van der Waals surface area contributed by atoms with Crippen LogP contribution in [0.2, 0.25) is 0 Å². The monoisotopic (exact) mass is 340 g/mol. The zero-order valence-corrected chi connectivity index (χ0v) is 14.5. The van der Waals surface area contributed by atoms with Crippen LogP contribution in [0.3, 0.4) is 0 Å². The van der Waals surface area contributed by atoms with Gasteiger partial charge in [0.1, 0.15) is 5.84 Å². The van der Waals surface area contributed by atoms with Crippen molar-refractivity contribution in [1.82, 2.24) is 4.90 Å². The van der Waals surface area contributed by atoms with Gasteiger partial charge in [-0.2, -0.15) is 0 Å². The molecule has 0 radical (unpaired) electrons. The Hall–Kier alpha value is -2.91. The average Bonchev–Trinajstić information content (AvgIpc) is 3.20. The predicted molar refractivity (Wildman–Crippen MR) is 104 cm³/mol. The molecular weight excluding hydrogens is 320 g/mol. The molecule has 0 fully saturated rings. The van der Waals surface area contributed by atoms with E-state index in [1.807, 2.05) is 42.5 Å². The second-order valence-corrected chi connectivity index (χ2v) is 6.95. The zero-order chi connectivity index (χ0) is 17.6. The van der Waals surface area contributed by atoms with E-state index in [9.17, 15) is 5.11 Å². The number of aliphatic imine (C=N–C) groups is 1. The molecule has 2 heterocycles. The van der Waals surface area contributed by atoms with Gasteiger partial charge in [-0.25, -0.2) is 0 Å². The van der Waals surface area contributed by atoms with Gasteiger partial charge in [0.15, 0.2) is 5.72 Å². The topological polar surface area (TPSA) is 35.8 Å². The Labute approximate surface area is 153 Å². The molecule has 2 aliphatic rings. The van der Waals surface area contributed by atoms with Crippen LogP contribution < -0.4 is 0 Å². The van der Waals surface area contributed by atoms with Crippen molar-refractivity contribution in [2.75, 3.05) is 13.1 Å². The van der Waals surface area contributed by atoms with Gasteiger partial charge >= 0.3 is 0 Å². The first-order valence-electron chi connectivity index (χ1n) is 9.04. The highest BCUT2D eigenvalue weighted by atomic mass is 16.3. The Morgan fingerprint density at radius 3 is 2.31 bits per heavy atom. The van der Waals surface area contributed by atoms with Crippen LogP contribution in [0.25, 0.3) is 11.1 Å². The van der Waals surface area contributed by atoms with Crippen molar-refractivity contribution >= 4 is 5.84 Å². The number of rotatable bonds is 2. The molecule has 3 nitrogen and oxygen atoms in total. The van der Waals surface area contributed by atoms with E-state index >= 15 is 0 Å². The Morgan fingerprint density at radius 1 is 0.808 bits per heavy atom. The van der Waals surface area contributed by atoms with Crippen LogP contribution in [0.1, 0.15) is 16.7 Å². The van der Waals surface area contributed by atoms with E-state index in [1.54, 1.807) is 0 Å². The molecule has 1 unspecified atom stereocenters. The summed E-state index contributed by atoms with van der Waals surface area (Å²) < 4.78 is 0. The SMILES string of the molecule is OC1(c2ccc(-c3ccccc3)cc2)Cc2ccccc2C2=NCCN21. The summed E-state index contributed by atoms with van der Waals surface area (Å²) in [6.45, 7) is 1.48. The summed E-state index contributed by atoms with van der Waals surface area (Å²) >= 11 is 0. The van der Waals surface area contributed by atoms with Gasteiger partial charge in [-0.3, -0.25) is 4.99 Å². The van der Waals surface area contributed by atoms with Crippen LogP contribution >= 0.6 is 0 Å². The maximum absolute atomic E-state index is 11.7. The molecular formula is C23H20N2O. The highest BCUT2D eigenvalue weighted by Crippen LogP contribution is 2.39. The fraction of sp³-hybridized carbons (Fsp3) is 0.174. The van der Waals surface area contributed by atoms with Crippen molar-refractivity contribution in [3.8, 4) is 11.1 Å². The van der Waals surface area contributed by atoms with Crippen molar-refractivity contribution in [3.63, 3.8) is 0 Å². The first-order valence-corrected chi connectivity index (χ1v) is 9.04. The molecule has 0 spiro atoms. The minimum Gasteiger partial charge on any atom is -0.366 e. The molecule has 3 aromatic rings. The smallest absolute Gasteiger partial charge is 0.169 e.